The number of nitrogens with zero attached hydrogens (tertiary/aromatic N) is 2. The van der Waals surface area contributed by atoms with Crippen molar-refractivity contribution in [1.82, 2.24) is 10.3 Å². The quantitative estimate of drug-likeness (QED) is 0.453. The summed E-state index contributed by atoms with van der Waals surface area (Å²) in [5.41, 5.74) is 2.72. The first kappa shape index (κ1) is 25.9. The Morgan fingerprint density at radius 1 is 1.17 bits per heavy atom. The van der Waals surface area contributed by atoms with E-state index in [-0.39, 0.29) is 40.5 Å². The minimum atomic E-state index is -2.97. The maximum Gasteiger partial charge on any atom is 0.387 e. The summed E-state index contributed by atoms with van der Waals surface area (Å²) in [5, 5.41) is 8.71. The summed E-state index contributed by atoms with van der Waals surface area (Å²) in [4.78, 5) is 25.3. The molecule has 1 aliphatic heterocycles. The van der Waals surface area contributed by atoms with Crippen molar-refractivity contribution in [2.24, 2.45) is 5.10 Å². The van der Waals surface area contributed by atoms with Crippen LogP contribution in [-0.2, 0) is 6.54 Å². The number of halogens is 2. The summed E-state index contributed by atoms with van der Waals surface area (Å²) >= 11 is 1.17. The van der Waals surface area contributed by atoms with E-state index in [9.17, 15) is 18.4 Å². The highest BCUT2D eigenvalue weighted by atomic mass is 32.2. The fourth-order valence-electron chi connectivity index (χ4n) is 4.39. The molecule has 0 saturated heterocycles. The molecule has 2 aromatic carbocycles. The molecule has 1 fully saturated rings. The Hall–Kier alpha value is -3.14. The lowest BCUT2D eigenvalue weighted by molar-refractivity contribution is -0.0512. The second kappa shape index (κ2) is 11.7. The van der Waals surface area contributed by atoms with Crippen molar-refractivity contribution in [3.05, 3.63) is 59.2 Å². The predicted octanol–water partition coefficient (Wildman–Crippen LogP) is 5.82. The Morgan fingerprint density at radius 2 is 1.89 bits per heavy atom. The van der Waals surface area contributed by atoms with Gasteiger partial charge in [-0.15, -0.1) is 0 Å². The van der Waals surface area contributed by atoms with Gasteiger partial charge in [-0.3, -0.25) is 9.59 Å². The van der Waals surface area contributed by atoms with Crippen LogP contribution in [0.25, 0.3) is 0 Å². The summed E-state index contributed by atoms with van der Waals surface area (Å²) in [6, 6.07) is 12.0. The lowest BCUT2D eigenvalue weighted by atomic mass is 10.0. The van der Waals surface area contributed by atoms with Crippen LogP contribution in [0.15, 0.2) is 47.6 Å². The van der Waals surface area contributed by atoms with Crippen LogP contribution in [0.3, 0.4) is 0 Å². The molecule has 1 aliphatic carbocycles. The molecule has 0 radical (unpaired) electrons. The van der Waals surface area contributed by atoms with Crippen LogP contribution in [-0.4, -0.2) is 46.9 Å². The van der Waals surface area contributed by atoms with E-state index in [1.54, 1.807) is 24.3 Å². The van der Waals surface area contributed by atoms with Crippen molar-refractivity contribution in [3.8, 4) is 11.5 Å². The maximum atomic E-state index is 12.8. The number of ether oxygens (including phenoxy) is 2. The van der Waals surface area contributed by atoms with Gasteiger partial charge in [0.2, 0.25) is 0 Å². The molecule has 36 heavy (non-hydrogen) atoms. The minimum Gasteiger partial charge on any atom is -0.493 e. The number of alkyl halides is 2. The normalized spacial score (nSPS) is 18.4. The van der Waals surface area contributed by atoms with E-state index in [1.165, 1.54) is 29.9 Å². The Bertz CT molecular complexity index is 1120. The van der Waals surface area contributed by atoms with Gasteiger partial charge in [0, 0.05) is 17.2 Å². The zero-order valence-electron chi connectivity index (χ0n) is 20.2. The Balaban J connectivity index is 1.52. The molecule has 2 amide bonds. The van der Waals surface area contributed by atoms with Gasteiger partial charge in [0.25, 0.3) is 5.91 Å². The van der Waals surface area contributed by atoms with Crippen LogP contribution in [0.2, 0.25) is 0 Å². The number of rotatable bonds is 9. The smallest absolute Gasteiger partial charge is 0.387 e. The van der Waals surface area contributed by atoms with Crippen molar-refractivity contribution >= 4 is 28.6 Å². The predicted molar refractivity (Wildman–Crippen MR) is 135 cm³/mol. The molecular formula is C26H29F2N3O4S. The number of carbonyl (C=O) groups is 2. The fourth-order valence-corrected chi connectivity index (χ4v) is 5.32. The van der Waals surface area contributed by atoms with Gasteiger partial charge in [0.1, 0.15) is 0 Å². The van der Waals surface area contributed by atoms with Gasteiger partial charge >= 0.3 is 11.9 Å². The average molecular weight is 518 g/mol. The first-order valence-corrected chi connectivity index (χ1v) is 12.9. The molecular weight excluding hydrogens is 488 g/mol. The van der Waals surface area contributed by atoms with Crippen LogP contribution in [0.1, 0.15) is 60.5 Å². The third-order valence-corrected chi connectivity index (χ3v) is 7.53. The van der Waals surface area contributed by atoms with Crippen molar-refractivity contribution in [1.29, 1.82) is 0 Å². The molecule has 1 heterocycles. The van der Waals surface area contributed by atoms with Gasteiger partial charge < -0.3 is 14.8 Å². The lowest BCUT2D eigenvalue weighted by Gasteiger charge is -2.28. The highest BCUT2D eigenvalue weighted by Crippen LogP contribution is 2.34. The highest BCUT2D eigenvalue weighted by molar-refractivity contribution is 8.14. The number of thioether (sulfide) groups is 1. The SMILES string of the molecule is CCC1SC(=O)N(Cc2ccc(C(=O)NC3CCCC3)cc2)N=C1c1ccc(OC(F)F)c(OC)c1. The molecule has 1 unspecified atom stereocenters. The van der Waals surface area contributed by atoms with Crippen molar-refractivity contribution in [3.63, 3.8) is 0 Å². The number of benzene rings is 2. The van der Waals surface area contributed by atoms with Gasteiger partial charge in [0.05, 0.1) is 24.6 Å². The van der Waals surface area contributed by atoms with E-state index < -0.39 is 6.61 Å². The number of hydrogen-bond donors (Lipinski definition) is 1. The van der Waals surface area contributed by atoms with Crippen LogP contribution in [0, 0.1) is 0 Å². The standard InChI is InChI=1S/C26H29F2N3O4S/c1-3-22-23(18-12-13-20(35-25(27)28)21(14-18)34-2)30-31(26(33)36-22)15-16-8-10-17(11-9-16)24(32)29-19-6-4-5-7-19/h8-14,19,22,25H,3-7,15H2,1-2H3,(H,29,32). The van der Waals surface area contributed by atoms with Crippen LogP contribution >= 0.6 is 11.8 Å². The third kappa shape index (κ3) is 6.16. The summed E-state index contributed by atoms with van der Waals surface area (Å²) in [6.45, 7) is -0.777. The molecule has 0 aromatic heterocycles. The molecule has 1 N–H and O–H groups in total. The number of hydrogen-bond acceptors (Lipinski definition) is 6. The maximum absolute atomic E-state index is 12.8. The largest absolute Gasteiger partial charge is 0.493 e. The number of nitrogens with one attached hydrogen (secondary N) is 1. The minimum absolute atomic E-state index is 0.0710. The van der Waals surface area contributed by atoms with E-state index in [1.807, 2.05) is 19.1 Å². The number of amides is 2. The average Bonchev–Trinajstić information content (AvgIpc) is 3.38. The molecule has 1 atom stereocenters. The van der Waals surface area contributed by atoms with Crippen molar-refractivity contribution in [2.75, 3.05) is 7.11 Å². The molecule has 7 nitrogen and oxygen atoms in total. The summed E-state index contributed by atoms with van der Waals surface area (Å²) in [5.74, 6) is 0.000915. The van der Waals surface area contributed by atoms with E-state index in [0.717, 1.165) is 31.2 Å². The van der Waals surface area contributed by atoms with E-state index in [4.69, 9.17) is 4.74 Å². The van der Waals surface area contributed by atoms with Crippen LogP contribution in [0.4, 0.5) is 13.6 Å². The summed E-state index contributed by atoms with van der Waals surface area (Å²) in [7, 11) is 1.37. The molecule has 0 bridgehead atoms. The topological polar surface area (TPSA) is 80.2 Å². The Morgan fingerprint density at radius 3 is 2.53 bits per heavy atom. The molecule has 10 heteroatoms. The Labute approximate surface area is 213 Å². The van der Waals surface area contributed by atoms with E-state index in [2.05, 4.69) is 15.2 Å². The zero-order chi connectivity index (χ0) is 25.7. The Kier molecular flexibility index (Phi) is 8.45. The van der Waals surface area contributed by atoms with E-state index >= 15 is 0 Å². The molecule has 4 rings (SSSR count). The van der Waals surface area contributed by atoms with Gasteiger partial charge in [0.15, 0.2) is 11.5 Å². The lowest BCUT2D eigenvalue weighted by Crippen LogP contribution is -2.35. The molecule has 2 aliphatic rings. The fraction of sp³-hybridized carbons (Fsp3) is 0.423. The van der Waals surface area contributed by atoms with Gasteiger partial charge in [-0.1, -0.05) is 43.7 Å². The molecule has 0 spiro atoms. The van der Waals surface area contributed by atoms with Crippen molar-refractivity contribution in [2.45, 2.75) is 63.5 Å². The second-order valence-electron chi connectivity index (χ2n) is 8.72. The third-order valence-electron chi connectivity index (χ3n) is 6.27. The van der Waals surface area contributed by atoms with Crippen LogP contribution in [0.5, 0.6) is 11.5 Å². The number of methoxy groups -OCH3 is 1. The molecule has 2 aromatic rings. The number of hydrazone groups is 1. The molecule has 1 saturated carbocycles. The van der Waals surface area contributed by atoms with Crippen molar-refractivity contribution < 1.29 is 27.8 Å². The summed E-state index contributed by atoms with van der Waals surface area (Å²) < 4.78 is 35.1. The van der Waals surface area contributed by atoms with E-state index in [0.29, 0.717) is 23.3 Å². The summed E-state index contributed by atoms with van der Waals surface area (Å²) in [6.07, 6.45) is 4.99. The number of carbonyl (C=O) groups excluding carboxylic acids is 2. The highest BCUT2D eigenvalue weighted by Gasteiger charge is 2.31. The van der Waals surface area contributed by atoms with Crippen LogP contribution < -0.4 is 14.8 Å². The first-order chi connectivity index (χ1) is 17.4. The first-order valence-electron chi connectivity index (χ1n) is 12.0. The van der Waals surface area contributed by atoms with Gasteiger partial charge in [-0.05, 0) is 55.2 Å². The van der Waals surface area contributed by atoms with Gasteiger partial charge in [-0.25, -0.2) is 5.01 Å². The monoisotopic (exact) mass is 517 g/mol. The zero-order valence-corrected chi connectivity index (χ0v) is 21.0. The van der Waals surface area contributed by atoms with Gasteiger partial charge in [-0.2, -0.15) is 13.9 Å². The molecule has 192 valence electrons. The second-order valence-corrected chi connectivity index (χ2v) is 9.87.